The van der Waals surface area contributed by atoms with Gasteiger partial charge in [0.2, 0.25) is 0 Å². The van der Waals surface area contributed by atoms with Gasteiger partial charge in [0.15, 0.2) is 0 Å². The number of aromatic nitrogens is 1. The second-order valence-electron chi connectivity index (χ2n) is 6.46. The van der Waals surface area contributed by atoms with Crippen LogP contribution in [-0.2, 0) is 0 Å². The van der Waals surface area contributed by atoms with Gasteiger partial charge >= 0.3 is 0 Å². The molecular weight excluding hydrogens is 280 g/mol. The van der Waals surface area contributed by atoms with Crippen molar-refractivity contribution in [1.82, 2.24) is 4.98 Å². The molecule has 0 aliphatic heterocycles. The SMILES string of the molecule is c1ccc2c(Nc3ccc(C4CCCCC4)cc3)nccc2c1. The smallest absolute Gasteiger partial charge is 0.138 e. The average Bonchev–Trinajstić information content (AvgIpc) is 2.63. The monoisotopic (exact) mass is 302 g/mol. The number of pyridine rings is 1. The Morgan fingerprint density at radius 1 is 0.826 bits per heavy atom. The summed E-state index contributed by atoms with van der Waals surface area (Å²) in [7, 11) is 0. The molecule has 0 spiro atoms. The summed E-state index contributed by atoms with van der Waals surface area (Å²) >= 11 is 0. The van der Waals surface area contributed by atoms with E-state index in [0.29, 0.717) is 0 Å². The van der Waals surface area contributed by atoms with Crippen molar-refractivity contribution in [3.63, 3.8) is 0 Å². The molecule has 1 aliphatic carbocycles. The predicted octanol–water partition coefficient (Wildman–Crippen LogP) is 6.03. The van der Waals surface area contributed by atoms with Crippen LogP contribution in [0.3, 0.4) is 0 Å². The van der Waals surface area contributed by atoms with Crippen molar-refractivity contribution in [2.24, 2.45) is 0 Å². The molecule has 0 bridgehead atoms. The quantitative estimate of drug-likeness (QED) is 0.639. The summed E-state index contributed by atoms with van der Waals surface area (Å²) in [5.41, 5.74) is 2.59. The van der Waals surface area contributed by atoms with Crippen LogP contribution in [-0.4, -0.2) is 4.98 Å². The van der Waals surface area contributed by atoms with Gasteiger partial charge in [-0.05, 0) is 47.9 Å². The van der Waals surface area contributed by atoms with Crippen LogP contribution >= 0.6 is 0 Å². The van der Waals surface area contributed by atoms with Crippen LogP contribution in [0.15, 0.2) is 60.8 Å². The lowest BCUT2D eigenvalue weighted by Crippen LogP contribution is -2.04. The normalized spacial score (nSPS) is 15.7. The number of hydrogen-bond donors (Lipinski definition) is 1. The molecule has 1 aliphatic rings. The van der Waals surface area contributed by atoms with E-state index in [1.54, 1.807) is 0 Å². The molecule has 23 heavy (non-hydrogen) atoms. The Labute approximate surface area is 137 Å². The molecule has 0 unspecified atom stereocenters. The summed E-state index contributed by atoms with van der Waals surface area (Å²) in [5.74, 6) is 1.68. The molecule has 116 valence electrons. The van der Waals surface area contributed by atoms with E-state index in [1.807, 2.05) is 12.3 Å². The Balaban J connectivity index is 1.56. The third-order valence-corrected chi connectivity index (χ3v) is 4.92. The lowest BCUT2D eigenvalue weighted by atomic mass is 9.84. The van der Waals surface area contributed by atoms with E-state index in [9.17, 15) is 0 Å². The molecule has 1 saturated carbocycles. The topological polar surface area (TPSA) is 24.9 Å². The molecule has 2 nitrogen and oxygen atoms in total. The molecule has 1 aromatic heterocycles. The summed E-state index contributed by atoms with van der Waals surface area (Å²) in [6.45, 7) is 0. The van der Waals surface area contributed by atoms with E-state index >= 15 is 0 Å². The second kappa shape index (κ2) is 6.41. The van der Waals surface area contributed by atoms with Crippen molar-refractivity contribution in [2.75, 3.05) is 5.32 Å². The van der Waals surface area contributed by atoms with E-state index in [-0.39, 0.29) is 0 Å². The minimum atomic E-state index is 0.758. The van der Waals surface area contributed by atoms with Gasteiger partial charge < -0.3 is 5.32 Å². The largest absolute Gasteiger partial charge is 0.340 e. The minimum absolute atomic E-state index is 0.758. The van der Waals surface area contributed by atoms with Gasteiger partial charge in [-0.25, -0.2) is 4.98 Å². The first-order valence-electron chi connectivity index (χ1n) is 8.61. The van der Waals surface area contributed by atoms with Gasteiger partial charge in [0, 0.05) is 17.3 Å². The van der Waals surface area contributed by atoms with Crippen molar-refractivity contribution in [1.29, 1.82) is 0 Å². The van der Waals surface area contributed by atoms with Gasteiger partial charge in [0.05, 0.1) is 0 Å². The van der Waals surface area contributed by atoms with Crippen LogP contribution in [0.2, 0.25) is 0 Å². The molecule has 4 rings (SSSR count). The van der Waals surface area contributed by atoms with Gasteiger partial charge in [-0.2, -0.15) is 0 Å². The molecule has 1 fully saturated rings. The Morgan fingerprint density at radius 2 is 1.61 bits per heavy atom. The number of anilines is 2. The molecule has 3 aromatic rings. The summed E-state index contributed by atoms with van der Waals surface area (Å²) in [4.78, 5) is 4.50. The van der Waals surface area contributed by atoms with Crippen LogP contribution in [0, 0.1) is 0 Å². The van der Waals surface area contributed by atoms with Crippen molar-refractivity contribution < 1.29 is 0 Å². The number of rotatable bonds is 3. The first-order chi connectivity index (χ1) is 11.4. The zero-order chi connectivity index (χ0) is 15.5. The molecule has 1 N–H and O–H groups in total. The van der Waals surface area contributed by atoms with Gasteiger partial charge in [-0.15, -0.1) is 0 Å². The second-order valence-corrected chi connectivity index (χ2v) is 6.46. The zero-order valence-corrected chi connectivity index (χ0v) is 13.3. The minimum Gasteiger partial charge on any atom is -0.340 e. The highest BCUT2D eigenvalue weighted by atomic mass is 15.0. The Hall–Kier alpha value is -2.35. The maximum Gasteiger partial charge on any atom is 0.138 e. The number of nitrogens with zero attached hydrogens (tertiary/aromatic N) is 1. The van der Waals surface area contributed by atoms with Crippen LogP contribution in [0.25, 0.3) is 10.8 Å². The first kappa shape index (κ1) is 14.3. The van der Waals surface area contributed by atoms with E-state index < -0.39 is 0 Å². The maximum absolute atomic E-state index is 4.50. The standard InChI is InChI=1S/C21H22N2/c1-2-6-16(7-3-1)17-10-12-19(13-11-17)23-21-20-9-5-4-8-18(20)14-15-22-21/h4-5,8-16H,1-3,6-7H2,(H,22,23). The Bertz CT molecular complexity index is 781. The number of fused-ring (bicyclic) bond motifs is 1. The Morgan fingerprint density at radius 3 is 2.43 bits per heavy atom. The van der Waals surface area contributed by atoms with Crippen LogP contribution in [0.4, 0.5) is 11.5 Å². The first-order valence-corrected chi connectivity index (χ1v) is 8.61. The Kier molecular flexibility index (Phi) is 3.97. The third kappa shape index (κ3) is 3.07. The highest BCUT2D eigenvalue weighted by Gasteiger charge is 2.15. The lowest BCUT2D eigenvalue weighted by molar-refractivity contribution is 0.443. The number of nitrogens with one attached hydrogen (secondary N) is 1. The van der Waals surface area contributed by atoms with Crippen LogP contribution in [0.5, 0.6) is 0 Å². The predicted molar refractivity (Wildman–Crippen MR) is 97.3 cm³/mol. The van der Waals surface area contributed by atoms with Crippen molar-refractivity contribution >= 4 is 22.3 Å². The molecule has 0 atom stereocenters. The molecule has 0 amide bonds. The van der Waals surface area contributed by atoms with Crippen LogP contribution < -0.4 is 5.32 Å². The van der Waals surface area contributed by atoms with Crippen LogP contribution in [0.1, 0.15) is 43.6 Å². The number of benzene rings is 2. The maximum atomic E-state index is 4.50. The van der Waals surface area contributed by atoms with E-state index in [0.717, 1.165) is 22.8 Å². The molecular formula is C21H22N2. The highest BCUT2D eigenvalue weighted by Crippen LogP contribution is 2.33. The van der Waals surface area contributed by atoms with Gasteiger partial charge in [-0.1, -0.05) is 55.7 Å². The number of hydrogen-bond acceptors (Lipinski definition) is 2. The molecule has 0 saturated heterocycles. The average molecular weight is 302 g/mol. The summed E-state index contributed by atoms with van der Waals surface area (Å²) in [5, 5.41) is 5.84. The van der Waals surface area contributed by atoms with Crippen molar-refractivity contribution in [3.8, 4) is 0 Å². The summed E-state index contributed by atoms with van der Waals surface area (Å²) in [6, 6.07) is 19.3. The highest BCUT2D eigenvalue weighted by molar-refractivity contribution is 5.93. The van der Waals surface area contributed by atoms with Crippen molar-refractivity contribution in [2.45, 2.75) is 38.0 Å². The van der Waals surface area contributed by atoms with Gasteiger partial charge in [0.1, 0.15) is 5.82 Å². The third-order valence-electron chi connectivity index (χ3n) is 4.92. The fourth-order valence-corrected chi connectivity index (χ4v) is 3.63. The zero-order valence-electron chi connectivity index (χ0n) is 13.3. The van der Waals surface area contributed by atoms with Crippen molar-refractivity contribution in [3.05, 3.63) is 66.4 Å². The molecule has 2 aromatic carbocycles. The summed E-state index contributed by atoms with van der Waals surface area (Å²) in [6.07, 6.45) is 8.72. The van der Waals surface area contributed by atoms with E-state index in [4.69, 9.17) is 0 Å². The lowest BCUT2D eigenvalue weighted by Gasteiger charge is -2.22. The molecule has 0 radical (unpaired) electrons. The van der Waals surface area contributed by atoms with E-state index in [2.05, 4.69) is 58.8 Å². The molecule has 1 heterocycles. The van der Waals surface area contributed by atoms with E-state index in [1.165, 1.54) is 43.1 Å². The van der Waals surface area contributed by atoms with Gasteiger partial charge in [-0.3, -0.25) is 0 Å². The fraction of sp³-hybridized carbons (Fsp3) is 0.286. The van der Waals surface area contributed by atoms with Gasteiger partial charge in [0.25, 0.3) is 0 Å². The molecule has 2 heteroatoms. The summed E-state index contributed by atoms with van der Waals surface area (Å²) < 4.78 is 0. The fourth-order valence-electron chi connectivity index (χ4n) is 3.63.